The van der Waals surface area contributed by atoms with Gasteiger partial charge in [-0.15, -0.1) is 0 Å². The quantitative estimate of drug-likeness (QED) is 0.706. The van der Waals surface area contributed by atoms with Gasteiger partial charge in [0.25, 0.3) is 0 Å². The van der Waals surface area contributed by atoms with Crippen LogP contribution in [0.1, 0.15) is 25.8 Å². The van der Waals surface area contributed by atoms with Crippen LogP contribution in [0.3, 0.4) is 0 Å². The number of nitrogens with one attached hydrogen (secondary N) is 1. The van der Waals surface area contributed by atoms with Gasteiger partial charge in [-0.05, 0) is 32.3 Å². The van der Waals surface area contributed by atoms with Crippen molar-refractivity contribution in [1.29, 1.82) is 0 Å². The first-order valence-corrected chi connectivity index (χ1v) is 8.28. The van der Waals surface area contributed by atoms with E-state index >= 15 is 0 Å². The van der Waals surface area contributed by atoms with Gasteiger partial charge in [0.2, 0.25) is 10.0 Å². The van der Waals surface area contributed by atoms with Gasteiger partial charge >= 0.3 is 0 Å². The van der Waals surface area contributed by atoms with Gasteiger partial charge in [0.1, 0.15) is 0 Å². The largest absolute Gasteiger partial charge is 0.377 e. The van der Waals surface area contributed by atoms with Crippen molar-refractivity contribution in [2.75, 3.05) is 18.9 Å². The van der Waals surface area contributed by atoms with E-state index in [1.807, 2.05) is 44.2 Å². The highest BCUT2D eigenvalue weighted by Crippen LogP contribution is 2.03. The van der Waals surface area contributed by atoms with Crippen molar-refractivity contribution in [3.05, 3.63) is 35.9 Å². The summed E-state index contributed by atoms with van der Waals surface area (Å²) in [5.41, 5.74) is 1.17. The molecule has 4 nitrogen and oxygen atoms in total. The molecule has 108 valence electrons. The van der Waals surface area contributed by atoms with Gasteiger partial charge in [-0.3, -0.25) is 0 Å². The summed E-state index contributed by atoms with van der Waals surface area (Å²) in [5, 5.41) is 0. The Balaban J connectivity index is 2.20. The van der Waals surface area contributed by atoms with Gasteiger partial charge in [0.15, 0.2) is 0 Å². The van der Waals surface area contributed by atoms with Gasteiger partial charge < -0.3 is 4.74 Å². The van der Waals surface area contributed by atoms with Crippen molar-refractivity contribution in [2.45, 2.75) is 32.8 Å². The molecule has 0 radical (unpaired) electrons. The number of aryl methyl sites for hydroxylation is 1. The van der Waals surface area contributed by atoms with Crippen molar-refractivity contribution in [3.8, 4) is 0 Å². The molecule has 1 rings (SSSR count). The Bertz CT molecular complexity index is 443. The van der Waals surface area contributed by atoms with Crippen LogP contribution in [0.4, 0.5) is 0 Å². The Morgan fingerprint density at radius 2 is 1.89 bits per heavy atom. The third kappa shape index (κ3) is 7.97. The zero-order valence-corrected chi connectivity index (χ0v) is 12.4. The summed E-state index contributed by atoms with van der Waals surface area (Å²) < 4.78 is 31.2. The Morgan fingerprint density at radius 1 is 1.21 bits per heavy atom. The van der Waals surface area contributed by atoms with Crippen LogP contribution in [-0.2, 0) is 21.2 Å². The van der Waals surface area contributed by atoms with E-state index in [0.29, 0.717) is 19.6 Å². The zero-order chi connectivity index (χ0) is 14.1. The van der Waals surface area contributed by atoms with E-state index in [1.165, 1.54) is 5.56 Å². The van der Waals surface area contributed by atoms with E-state index in [2.05, 4.69) is 4.72 Å². The van der Waals surface area contributed by atoms with E-state index < -0.39 is 10.0 Å². The third-order valence-electron chi connectivity index (χ3n) is 2.60. The molecule has 0 bridgehead atoms. The minimum atomic E-state index is -3.18. The molecular weight excluding hydrogens is 262 g/mol. The van der Waals surface area contributed by atoms with Gasteiger partial charge in [0, 0.05) is 6.54 Å². The Kier molecular flexibility index (Phi) is 7.05. The van der Waals surface area contributed by atoms with E-state index in [4.69, 9.17) is 4.74 Å². The smallest absolute Gasteiger partial charge is 0.211 e. The second-order valence-electron chi connectivity index (χ2n) is 4.72. The molecule has 0 saturated heterocycles. The van der Waals surface area contributed by atoms with E-state index in [-0.39, 0.29) is 11.9 Å². The number of benzene rings is 1. The topological polar surface area (TPSA) is 55.4 Å². The van der Waals surface area contributed by atoms with Crippen LogP contribution in [0.25, 0.3) is 0 Å². The maximum Gasteiger partial charge on any atom is 0.211 e. The van der Waals surface area contributed by atoms with E-state index in [0.717, 1.165) is 6.42 Å². The average Bonchev–Trinajstić information content (AvgIpc) is 2.36. The standard InChI is InChI=1S/C14H23NO3S/c1-13(2)18-11-10-15-19(16,17)12-6-9-14-7-4-3-5-8-14/h3-5,7-8,13,15H,6,9-12H2,1-2H3. The molecule has 0 aliphatic heterocycles. The van der Waals surface area contributed by atoms with E-state index in [9.17, 15) is 8.42 Å². The molecule has 0 aliphatic carbocycles. The molecule has 0 fully saturated rings. The summed E-state index contributed by atoms with van der Waals surface area (Å²) in [5.74, 6) is 0.156. The summed E-state index contributed by atoms with van der Waals surface area (Å²) in [7, 11) is -3.18. The highest BCUT2D eigenvalue weighted by atomic mass is 32.2. The minimum Gasteiger partial charge on any atom is -0.377 e. The fraction of sp³-hybridized carbons (Fsp3) is 0.571. The van der Waals surface area contributed by atoms with Crippen molar-refractivity contribution < 1.29 is 13.2 Å². The number of rotatable bonds is 9. The highest BCUT2D eigenvalue weighted by molar-refractivity contribution is 7.89. The Labute approximate surface area is 116 Å². The molecule has 1 N–H and O–H groups in total. The fourth-order valence-electron chi connectivity index (χ4n) is 1.67. The third-order valence-corrected chi connectivity index (χ3v) is 4.07. The molecule has 0 amide bonds. The molecule has 5 heteroatoms. The fourth-order valence-corrected chi connectivity index (χ4v) is 2.74. The van der Waals surface area contributed by atoms with Crippen molar-refractivity contribution in [3.63, 3.8) is 0 Å². The summed E-state index contributed by atoms with van der Waals surface area (Å²) >= 11 is 0. The van der Waals surface area contributed by atoms with Crippen LogP contribution in [0.5, 0.6) is 0 Å². The summed E-state index contributed by atoms with van der Waals surface area (Å²) in [6.07, 6.45) is 1.54. The zero-order valence-electron chi connectivity index (χ0n) is 11.6. The maximum absolute atomic E-state index is 11.7. The summed E-state index contributed by atoms with van der Waals surface area (Å²) in [4.78, 5) is 0. The second-order valence-corrected chi connectivity index (χ2v) is 6.65. The van der Waals surface area contributed by atoms with Gasteiger partial charge in [-0.25, -0.2) is 13.1 Å². The maximum atomic E-state index is 11.7. The van der Waals surface area contributed by atoms with Crippen LogP contribution >= 0.6 is 0 Å². The molecule has 0 aromatic heterocycles. The minimum absolute atomic E-state index is 0.127. The van der Waals surface area contributed by atoms with Crippen molar-refractivity contribution in [2.24, 2.45) is 0 Å². The lowest BCUT2D eigenvalue weighted by Gasteiger charge is -2.09. The number of hydrogen-bond acceptors (Lipinski definition) is 3. The highest BCUT2D eigenvalue weighted by Gasteiger charge is 2.09. The van der Waals surface area contributed by atoms with Crippen molar-refractivity contribution >= 4 is 10.0 Å². The second kappa shape index (κ2) is 8.30. The number of sulfonamides is 1. The lowest BCUT2D eigenvalue weighted by atomic mass is 10.1. The monoisotopic (exact) mass is 285 g/mol. The van der Waals surface area contributed by atoms with Crippen LogP contribution in [0.2, 0.25) is 0 Å². The van der Waals surface area contributed by atoms with Crippen LogP contribution in [-0.4, -0.2) is 33.4 Å². The Morgan fingerprint density at radius 3 is 2.53 bits per heavy atom. The lowest BCUT2D eigenvalue weighted by Crippen LogP contribution is -2.30. The molecule has 0 heterocycles. The predicted molar refractivity (Wildman–Crippen MR) is 77.6 cm³/mol. The van der Waals surface area contributed by atoms with Crippen LogP contribution in [0, 0.1) is 0 Å². The molecule has 1 aromatic carbocycles. The first-order valence-electron chi connectivity index (χ1n) is 6.62. The molecule has 1 aromatic rings. The molecule has 0 atom stereocenters. The van der Waals surface area contributed by atoms with Crippen molar-refractivity contribution in [1.82, 2.24) is 4.72 Å². The summed E-state index contributed by atoms with van der Waals surface area (Å²) in [6, 6.07) is 9.90. The van der Waals surface area contributed by atoms with Gasteiger partial charge in [0.05, 0.1) is 18.5 Å². The SMILES string of the molecule is CC(C)OCCNS(=O)(=O)CCCc1ccccc1. The molecule has 19 heavy (non-hydrogen) atoms. The first-order chi connectivity index (χ1) is 8.99. The van der Waals surface area contributed by atoms with Gasteiger partial charge in [-0.2, -0.15) is 0 Å². The molecule has 0 unspecified atom stereocenters. The normalized spacial score (nSPS) is 11.9. The van der Waals surface area contributed by atoms with Crippen LogP contribution < -0.4 is 4.72 Å². The van der Waals surface area contributed by atoms with Crippen LogP contribution in [0.15, 0.2) is 30.3 Å². The summed E-state index contributed by atoms with van der Waals surface area (Å²) in [6.45, 7) is 4.60. The predicted octanol–water partition coefficient (Wildman–Crippen LogP) is 1.96. The van der Waals surface area contributed by atoms with Gasteiger partial charge in [-0.1, -0.05) is 30.3 Å². The number of hydrogen-bond donors (Lipinski definition) is 1. The Hall–Kier alpha value is -0.910. The average molecular weight is 285 g/mol. The lowest BCUT2D eigenvalue weighted by molar-refractivity contribution is 0.0834. The first kappa shape index (κ1) is 16.1. The molecular formula is C14H23NO3S. The number of ether oxygens (including phenoxy) is 1. The molecule has 0 saturated carbocycles. The van der Waals surface area contributed by atoms with E-state index in [1.54, 1.807) is 0 Å². The molecule has 0 spiro atoms. The molecule has 0 aliphatic rings.